The van der Waals surface area contributed by atoms with Crippen LogP contribution in [0.25, 0.3) is 0 Å². The first-order valence-electron chi connectivity index (χ1n) is 4.52. The summed E-state index contributed by atoms with van der Waals surface area (Å²) in [6, 6.07) is 5.62. The van der Waals surface area contributed by atoms with Gasteiger partial charge in [0.05, 0.1) is 0 Å². The van der Waals surface area contributed by atoms with Gasteiger partial charge in [-0.05, 0) is 30.0 Å². The highest BCUT2D eigenvalue weighted by atomic mass is 16.7. The van der Waals surface area contributed by atoms with Gasteiger partial charge in [-0.3, -0.25) is 0 Å². The van der Waals surface area contributed by atoms with Crippen LogP contribution < -0.4 is 4.74 Å². The van der Waals surface area contributed by atoms with Crippen molar-refractivity contribution in [3.8, 4) is 5.75 Å². The number of rotatable bonds is 2. The van der Waals surface area contributed by atoms with Crippen LogP contribution in [-0.2, 0) is 0 Å². The minimum atomic E-state index is -1.27. The molecule has 3 heteroatoms. The summed E-state index contributed by atoms with van der Waals surface area (Å²) in [5.41, 5.74) is 1.91. The summed E-state index contributed by atoms with van der Waals surface area (Å²) in [4.78, 5) is 10.4. The number of ether oxygens (including phenoxy) is 1. The second-order valence-electron chi connectivity index (χ2n) is 3.55. The van der Waals surface area contributed by atoms with E-state index >= 15 is 0 Å². The zero-order valence-electron chi connectivity index (χ0n) is 8.57. The number of carboxylic acid groups (broad SMARTS) is 1. The molecule has 1 aromatic rings. The van der Waals surface area contributed by atoms with Crippen LogP contribution in [0.2, 0.25) is 0 Å². The van der Waals surface area contributed by atoms with E-state index in [0.29, 0.717) is 11.7 Å². The Bertz CT molecular complexity index is 342. The normalized spacial score (nSPS) is 10.3. The Balaban J connectivity index is 3.02. The third-order valence-electron chi connectivity index (χ3n) is 2.08. The van der Waals surface area contributed by atoms with Crippen LogP contribution >= 0.6 is 0 Å². The van der Waals surface area contributed by atoms with Crippen LogP contribution in [0.4, 0.5) is 4.79 Å². The SMILES string of the molecule is Cc1ccc(C(C)C)cc1OC(=O)O. The summed E-state index contributed by atoms with van der Waals surface area (Å²) in [6.45, 7) is 5.92. The van der Waals surface area contributed by atoms with E-state index < -0.39 is 6.16 Å². The molecule has 0 saturated heterocycles. The fraction of sp³-hybridized carbons (Fsp3) is 0.364. The Morgan fingerprint density at radius 3 is 2.57 bits per heavy atom. The van der Waals surface area contributed by atoms with Crippen LogP contribution in [0.3, 0.4) is 0 Å². The molecule has 0 aliphatic rings. The van der Waals surface area contributed by atoms with E-state index in [1.165, 1.54) is 0 Å². The molecule has 0 aliphatic heterocycles. The van der Waals surface area contributed by atoms with Gasteiger partial charge in [0, 0.05) is 0 Å². The molecule has 0 aliphatic carbocycles. The molecule has 0 bridgehead atoms. The Kier molecular flexibility index (Phi) is 3.12. The zero-order chi connectivity index (χ0) is 10.7. The van der Waals surface area contributed by atoms with Gasteiger partial charge >= 0.3 is 6.16 Å². The van der Waals surface area contributed by atoms with Crippen molar-refractivity contribution in [2.75, 3.05) is 0 Å². The summed E-state index contributed by atoms with van der Waals surface area (Å²) in [6.07, 6.45) is -1.27. The van der Waals surface area contributed by atoms with Crippen LogP contribution in [-0.4, -0.2) is 11.3 Å². The molecule has 0 amide bonds. The van der Waals surface area contributed by atoms with Crippen molar-refractivity contribution < 1.29 is 14.6 Å². The third kappa shape index (κ3) is 2.49. The zero-order valence-corrected chi connectivity index (χ0v) is 8.57. The summed E-state index contributed by atoms with van der Waals surface area (Å²) >= 11 is 0. The molecular formula is C11H14O3. The van der Waals surface area contributed by atoms with Crippen LogP contribution in [0, 0.1) is 6.92 Å². The van der Waals surface area contributed by atoms with E-state index in [9.17, 15) is 4.79 Å². The van der Waals surface area contributed by atoms with Crippen molar-refractivity contribution in [2.45, 2.75) is 26.7 Å². The predicted octanol–water partition coefficient (Wildman–Crippen LogP) is 3.18. The van der Waals surface area contributed by atoms with Gasteiger partial charge in [-0.25, -0.2) is 4.79 Å². The molecule has 0 aromatic heterocycles. The minimum absolute atomic E-state index is 0.367. The maximum absolute atomic E-state index is 10.4. The predicted molar refractivity (Wildman–Crippen MR) is 53.9 cm³/mol. The first-order valence-corrected chi connectivity index (χ1v) is 4.52. The molecule has 0 spiro atoms. The van der Waals surface area contributed by atoms with Crippen molar-refractivity contribution in [2.24, 2.45) is 0 Å². The highest BCUT2D eigenvalue weighted by molar-refractivity contribution is 5.62. The molecule has 1 rings (SSSR count). The lowest BCUT2D eigenvalue weighted by Gasteiger charge is -2.09. The monoisotopic (exact) mass is 194 g/mol. The van der Waals surface area contributed by atoms with Gasteiger partial charge in [0.2, 0.25) is 0 Å². The summed E-state index contributed by atoms with van der Waals surface area (Å²) in [5, 5.41) is 8.50. The van der Waals surface area contributed by atoms with Crippen molar-refractivity contribution in [1.29, 1.82) is 0 Å². The maximum atomic E-state index is 10.4. The van der Waals surface area contributed by atoms with E-state index in [-0.39, 0.29) is 0 Å². The Morgan fingerprint density at radius 2 is 2.07 bits per heavy atom. The summed E-state index contributed by atoms with van der Waals surface area (Å²) in [5.74, 6) is 0.787. The van der Waals surface area contributed by atoms with Crippen molar-refractivity contribution in [3.05, 3.63) is 29.3 Å². The Labute approximate surface area is 83.3 Å². The standard InChI is InChI=1S/C11H14O3/c1-7(2)9-5-4-8(3)10(6-9)14-11(12)13/h4-7H,1-3H3,(H,12,13). The van der Waals surface area contributed by atoms with Crippen LogP contribution in [0.1, 0.15) is 30.9 Å². The Hall–Kier alpha value is -1.51. The highest BCUT2D eigenvalue weighted by Gasteiger charge is 2.07. The van der Waals surface area contributed by atoms with Crippen molar-refractivity contribution >= 4 is 6.16 Å². The molecule has 0 saturated carbocycles. The largest absolute Gasteiger partial charge is 0.511 e. The van der Waals surface area contributed by atoms with Gasteiger partial charge in [0.15, 0.2) is 0 Å². The van der Waals surface area contributed by atoms with Crippen LogP contribution in [0.5, 0.6) is 5.75 Å². The van der Waals surface area contributed by atoms with Gasteiger partial charge in [0.1, 0.15) is 5.75 Å². The smallest absolute Gasteiger partial charge is 0.449 e. The first kappa shape index (κ1) is 10.6. The highest BCUT2D eigenvalue weighted by Crippen LogP contribution is 2.24. The fourth-order valence-corrected chi connectivity index (χ4v) is 1.18. The maximum Gasteiger partial charge on any atom is 0.511 e. The van der Waals surface area contributed by atoms with Gasteiger partial charge in [-0.15, -0.1) is 0 Å². The lowest BCUT2D eigenvalue weighted by molar-refractivity contribution is 0.144. The fourth-order valence-electron chi connectivity index (χ4n) is 1.18. The number of carbonyl (C=O) groups is 1. The van der Waals surface area contributed by atoms with Gasteiger partial charge in [-0.2, -0.15) is 0 Å². The number of hydrogen-bond donors (Lipinski definition) is 1. The second-order valence-corrected chi connectivity index (χ2v) is 3.55. The summed E-state index contributed by atoms with van der Waals surface area (Å²) < 4.78 is 4.65. The third-order valence-corrected chi connectivity index (χ3v) is 2.08. The Morgan fingerprint density at radius 1 is 1.43 bits per heavy atom. The molecule has 76 valence electrons. The quantitative estimate of drug-likeness (QED) is 0.581. The first-order chi connectivity index (χ1) is 6.50. The minimum Gasteiger partial charge on any atom is -0.449 e. The van der Waals surface area contributed by atoms with E-state index in [2.05, 4.69) is 18.6 Å². The average Bonchev–Trinajstić information content (AvgIpc) is 2.07. The molecule has 3 nitrogen and oxygen atoms in total. The van der Waals surface area contributed by atoms with Crippen molar-refractivity contribution in [1.82, 2.24) is 0 Å². The molecule has 14 heavy (non-hydrogen) atoms. The lowest BCUT2D eigenvalue weighted by Crippen LogP contribution is -2.04. The average molecular weight is 194 g/mol. The van der Waals surface area contributed by atoms with Crippen LogP contribution in [0.15, 0.2) is 18.2 Å². The topological polar surface area (TPSA) is 46.5 Å². The molecular weight excluding hydrogens is 180 g/mol. The van der Waals surface area contributed by atoms with E-state index in [0.717, 1.165) is 11.1 Å². The van der Waals surface area contributed by atoms with Gasteiger partial charge in [-0.1, -0.05) is 26.0 Å². The molecule has 0 fully saturated rings. The number of aryl methyl sites for hydroxylation is 1. The molecule has 0 radical (unpaired) electrons. The molecule has 1 aromatic carbocycles. The molecule has 0 atom stereocenters. The molecule has 0 heterocycles. The van der Waals surface area contributed by atoms with Crippen molar-refractivity contribution in [3.63, 3.8) is 0 Å². The second kappa shape index (κ2) is 4.13. The molecule has 0 unspecified atom stereocenters. The van der Waals surface area contributed by atoms with Gasteiger partial charge in [0.25, 0.3) is 0 Å². The number of hydrogen-bond acceptors (Lipinski definition) is 2. The molecule has 1 N–H and O–H groups in total. The van der Waals surface area contributed by atoms with E-state index in [1.807, 2.05) is 19.1 Å². The summed E-state index contributed by atoms with van der Waals surface area (Å²) in [7, 11) is 0. The van der Waals surface area contributed by atoms with E-state index in [4.69, 9.17) is 5.11 Å². The van der Waals surface area contributed by atoms with E-state index in [1.54, 1.807) is 6.07 Å². The van der Waals surface area contributed by atoms with Gasteiger partial charge < -0.3 is 9.84 Å². The lowest BCUT2D eigenvalue weighted by atomic mass is 10.0. The number of benzene rings is 1.